The van der Waals surface area contributed by atoms with Gasteiger partial charge in [0.2, 0.25) is 17.7 Å². The molecular formula is C45H51N7O9. The summed E-state index contributed by atoms with van der Waals surface area (Å²) in [7, 11) is 10.9. The molecule has 0 spiro atoms. The maximum atomic E-state index is 13.4. The summed E-state index contributed by atoms with van der Waals surface area (Å²) < 4.78 is 19.4. The number of hydrogen-bond donors (Lipinski definition) is 2. The molecule has 2 aromatic carbocycles. The van der Waals surface area contributed by atoms with E-state index in [1.165, 1.54) is 6.07 Å². The fourth-order valence-electron chi connectivity index (χ4n) is 9.48. The summed E-state index contributed by atoms with van der Waals surface area (Å²) in [6, 6.07) is 9.66. The maximum absolute atomic E-state index is 13.4. The van der Waals surface area contributed by atoms with Crippen molar-refractivity contribution in [2.24, 2.45) is 12.5 Å². The number of aryl methyl sites for hydroxylation is 1. The zero-order valence-electron chi connectivity index (χ0n) is 35.4. The van der Waals surface area contributed by atoms with E-state index in [4.69, 9.17) is 14.2 Å². The SMILES string of the molecule is COc1cc(-c2cn(C)c(=O)c3cnc(N(C)C)cc23)cc(OC)c1CN(C)C12CC(C(=O)NCCCCCOc3cccc4c3C(=O)N(C3CCC(=O)NC3=O)C4=O)(C1)C2. The summed E-state index contributed by atoms with van der Waals surface area (Å²) in [4.78, 5) is 86.5. The van der Waals surface area contributed by atoms with Crippen LogP contribution in [0, 0.1) is 5.41 Å². The van der Waals surface area contributed by atoms with Gasteiger partial charge >= 0.3 is 0 Å². The zero-order valence-corrected chi connectivity index (χ0v) is 35.4. The zero-order chi connectivity index (χ0) is 43.4. The van der Waals surface area contributed by atoms with Gasteiger partial charge in [0, 0.05) is 69.5 Å². The van der Waals surface area contributed by atoms with E-state index in [9.17, 15) is 28.8 Å². The van der Waals surface area contributed by atoms with Crippen molar-refractivity contribution < 1.29 is 38.2 Å². The molecule has 5 amide bonds. The van der Waals surface area contributed by atoms with E-state index in [1.54, 1.807) is 44.2 Å². The molecule has 3 aliphatic carbocycles. The Bertz CT molecular complexity index is 2500. The normalized spacial score (nSPS) is 21.5. The fourth-order valence-corrected chi connectivity index (χ4v) is 9.48. The lowest BCUT2D eigenvalue weighted by Crippen LogP contribution is -2.77. The predicted molar refractivity (Wildman–Crippen MR) is 226 cm³/mol. The highest BCUT2D eigenvalue weighted by Gasteiger charge is 2.72. The second-order valence-electron chi connectivity index (χ2n) is 17.0. The molecule has 16 heteroatoms. The fraction of sp³-hybridized carbons (Fsp3) is 0.444. The Balaban J connectivity index is 0.823. The van der Waals surface area contributed by atoms with E-state index in [0.29, 0.717) is 43.0 Å². The van der Waals surface area contributed by atoms with Crippen LogP contribution in [0.15, 0.2) is 53.6 Å². The summed E-state index contributed by atoms with van der Waals surface area (Å²) in [5.41, 5.74) is 2.33. The molecule has 3 saturated carbocycles. The Morgan fingerprint density at radius 3 is 2.31 bits per heavy atom. The van der Waals surface area contributed by atoms with Gasteiger partial charge in [-0.05, 0) is 87.9 Å². The van der Waals surface area contributed by atoms with Gasteiger partial charge < -0.3 is 29.0 Å². The summed E-state index contributed by atoms with van der Waals surface area (Å²) >= 11 is 0. The molecule has 61 heavy (non-hydrogen) atoms. The number of carbonyl (C=O) groups is 5. The van der Waals surface area contributed by atoms with E-state index in [1.807, 2.05) is 43.4 Å². The molecule has 2 N–H and O–H groups in total. The Kier molecular flexibility index (Phi) is 10.8. The smallest absolute Gasteiger partial charge is 0.266 e. The quantitative estimate of drug-likeness (QED) is 0.123. The number of unbranched alkanes of at least 4 members (excludes halogenated alkanes) is 2. The lowest BCUT2D eigenvalue weighted by molar-refractivity contribution is -0.215. The molecule has 16 nitrogen and oxygen atoms in total. The summed E-state index contributed by atoms with van der Waals surface area (Å²) in [5, 5.41) is 6.66. The Morgan fingerprint density at radius 1 is 0.918 bits per heavy atom. The van der Waals surface area contributed by atoms with Crippen molar-refractivity contribution in [1.82, 2.24) is 30.0 Å². The van der Waals surface area contributed by atoms with E-state index in [2.05, 4.69) is 27.6 Å². The van der Waals surface area contributed by atoms with Crippen LogP contribution >= 0.6 is 0 Å². The lowest BCUT2D eigenvalue weighted by Gasteiger charge is -2.72. The standard InChI is InChI=1S/C45H51N7O9/c1-49(2)36-19-28-29(20-47-36)40(55)50(3)21-30(28)26-17-34(59-5)31(35(18-26)60-6)22-51(4)45-23-44(24-45,25-45)43(58)46-15-8-7-9-16-61-33-12-10-11-27-38(33)42(57)52(41(27)56)32-13-14-37(53)48-39(32)54/h10-12,17-21,32H,7-9,13-16,22-25H2,1-6H3,(H,46,58)(H,48,53,54). The largest absolute Gasteiger partial charge is 0.496 e. The van der Waals surface area contributed by atoms with E-state index < -0.39 is 29.7 Å². The van der Waals surface area contributed by atoms with Crippen molar-refractivity contribution in [1.29, 1.82) is 0 Å². The van der Waals surface area contributed by atoms with E-state index in [0.717, 1.165) is 64.9 Å². The number of fused-ring (bicyclic) bond motifs is 2. The number of amides is 5. The van der Waals surface area contributed by atoms with Gasteiger partial charge in [-0.15, -0.1) is 0 Å². The number of methoxy groups -OCH3 is 2. The monoisotopic (exact) mass is 833 g/mol. The molecule has 0 radical (unpaired) electrons. The molecule has 1 saturated heterocycles. The number of nitrogens with one attached hydrogen (secondary N) is 2. The maximum Gasteiger partial charge on any atom is 0.266 e. The average molecular weight is 834 g/mol. The van der Waals surface area contributed by atoms with Crippen LogP contribution in [-0.4, -0.2) is 109 Å². The van der Waals surface area contributed by atoms with Gasteiger partial charge in [-0.25, -0.2) is 4.98 Å². The first-order valence-corrected chi connectivity index (χ1v) is 20.6. The Labute approximate surface area is 353 Å². The van der Waals surface area contributed by atoms with Crippen LogP contribution in [0.4, 0.5) is 5.82 Å². The number of aromatic nitrogens is 2. The third-order valence-corrected chi connectivity index (χ3v) is 12.9. The number of imide groups is 2. The highest BCUT2D eigenvalue weighted by Crippen LogP contribution is 2.70. The molecule has 9 rings (SSSR count). The highest BCUT2D eigenvalue weighted by molar-refractivity contribution is 6.24. The molecule has 1 atom stereocenters. The molecule has 2 aliphatic heterocycles. The van der Waals surface area contributed by atoms with Gasteiger partial charge in [-0.2, -0.15) is 0 Å². The van der Waals surface area contributed by atoms with Crippen LogP contribution in [0.1, 0.15) is 77.6 Å². The number of ether oxygens (including phenoxy) is 3. The number of rotatable bonds is 16. The number of nitrogens with zero attached hydrogens (tertiary/aromatic N) is 5. The van der Waals surface area contributed by atoms with Crippen molar-refractivity contribution in [2.75, 3.05) is 53.4 Å². The second-order valence-corrected chi connectivity index (χ2v) is 17.0. The van der Waals surface area contributed by atoms with Gasteiger partial charge in [0.15, 0.2) is 0 Å². The first kappa shape index (κ1) is 41.4. The average Bonchev–Trinajstić information content (AvgIpc) is 3.46. The van der Waals surface area contributed by atoms with Crippen LogP contribution in [-0.2, 0) is 28.0 Å². The van der Waals surface area contributed by atoms with Gasteiger partial charge in [-0.3, -0.25) is 43.9 Å². The number of carbonyl (C=O) groups excluding carboxylic acids is 5. The third-order valence-electron chi connectivity index (χ3n) is 12.9. The Hall–Kier alpha value is -6.29. The third kappa shape index (κ3) is 7.15. The van der Waals surface area contributed by atoms with Crippen LogP contribution in [0.25, 0.3) is 21.9 Å². The molecular weight excluding hydrogens is 783 g/mol. The molecule has 4 aromatic rings. The molecule has 4 heterocycles. The molecule has 5 aliphatic rings. The van der Waals surface area contributed by atoms with Crippen molar-refractivity contribution in [3.05, 3.63) is 75.8 Å². The number of piperidine rings is 1. The van der Waals surface area contributed by atoms with Crippen molar-refractivity contribution in [3.63, 3.8) is 0 Å². The first-order chi connectivity index (χ1) is 29.2. The predicted octanol–water partition coefficient (Wildman–Crippen LogP) is 3.80. The van der Waals surface area contributed by atoms with Crippen LogP contribution in [0.2, 0.25) is 0 Å². The summed E-state index contributed by atoms with van der Waals surface area (Å²) in [6.07, 6.45) is 8.11. The van der Waals surface area contributed by atoms with Gasteiger partial charge in [0.25, 0.3) is 17.4 Å². The van der Waals surface area contributed by atoms with Gasteiger partial charge in [-0.1, -0.05) is 6.07 Å². The molecule has 2 bridgehead atoms. The Morgan fingerprint density at radius 2 is 1.64 bits per heavy atom. The molecule has 2 aromatic heterocycles. The van der Waals surface area contributed by atoms with Crippen molar-refractivity contribution in [3.8, 4) is 28.4 Å². The molecule has 320 valence electrons. The number of pyridine rings is 2. The minimum Gasteiger partial charge on any atom is -0.496 e. The van der Waals surface area contributed by atoms with Crippen LogP contribution in [0.3, 0.4) is 0 Å². The summed E-state index contributed by atoms with van der Waals surface area (Å²) in [6.45, 7) is 1.40. The minimum atomic E-state index is -1.04. The number of benzene rings is 2. The van der Waals surface area contributed by atoms with E-state index in [-0.39, 0.29) is 52.1 Å². The van der Waals surface area contributed by atoms with Crippen LogP contribution in [0.5, 0.6) is 17.2 Å². The topological polar surface area (TPSA) is 182 Å². The first-order valence-electron chi connectivity index (χ1n) is 20.6. The number of hydrogen-bond acceptors (Lipinski definition) is 12. The number of anilines is 1. The van der Waals surface area contributed by atoms with Crippen LogP contribution < -0.4 is 35.3 Å². The highest BCUT2D eigenvalue weighted by atomic mass is 16.5. The molecule has 1 unspecified atom stereocenters. The second kappa shape index (κ2) is 16.0. The van der Waals surface area contributed by atoms with Crippen molar-refractivity contribution >= 4 is 46.1 Å². The van der Waals surface area contributed by atoms with Gasteiger partial charge in [0.1, 0.15) is 29.1 Å². The lowest BCUT2D eigenvalue weighted by atomic mass is 9.38. The minimum absolute atomic E-state index is 0.0490. The molecule has 4 fully saturated rings. The van der Waals surface area contributed by atoms with Crippen molar-refractivity contribution in [2.45, 2.75) is 69.5 Å². The summed E-state index contributed by atoms with van der Waals surface area (Å²) in [5.74, 6) is 0.175. The van der Waals surface area contributed by atoms with Gasteiger partial charge in [0.05, 0.1) is 48.3 Å². The van der Waals surface area contributed by atoms with E-state index >= 15 is 0 Å².